The van der Waals surface area contributed by atoms with E-state index in [0.29, 0.717) is 43.4 Å². The van der Waals surface area contributed by atoms with E-state index >= 15 is 0 Å². The van der Waals surface area contributed by atoms with Crippen LogP contribution in [0.2, 0.25) is 5.02 Å². The summed E-state index contributed by atoms with van der Waals surface area (Å²) in [4.78, 5) is 47.4. The smallest absolute Gasteiger partial charge is 0.327 e. The second kappa shape index (κ2) is 8.42. The van der Waals surface area contributed by atoms with Crippen LogP contribution in [0.4, 0.5) is 10.5 Å². The van der Waals surface area contributed by atoms with E-state index in [2.05, 4.69) is 4.90 Å². The van der Waals surface area contributed by atoms with E-state index in [4.69, 9.17) is 11.6 Å². The molecule has 4 rings (SSSR count). The van der Waals surface area contributed by atoms with Gasteiger partial charge in [-0.25, -0.2) is 4.79 Å². The molecule has 1 aromatic rings. The fourth-order valence-corrected chi connectivity index (χ4v) is 4.88. The van der Waals surface area contributed by atoms with Crippen molar-refractivity contribution in [1.82, 2.24) is 19.6 Å². The quantitative estimate of drug-likeness (QED) is 0.709. The van der Waals surface area contributed by atoms with Crippen LogP contribution in [0.25, 0.3) is 0 Å². The zero-order valence-electron chi connectivity index (χ0n) is 18.1. The van der Waals surface area contributed by atoms with Crippen molar-refractivity contribution in [1.29, 1.82) is 0 Å². The van der Waals surface area contributed by atoms with Gasteiger partial charge in [-0.2, -0.15) is 0 Å². The minimum atomic E-state index is -0.522. The van der Waals surface area contributed by atoms with Crippen LogP contribution in [0.1, 0.15) is 13.3 Å². The fraction of sp³-hybridized carbons (Fsp3) is 0.500. The Hall–Kier alpha value is -2.74. The number of benzene rings is 1. The number of piperazine rings is 1. The Morgan fingerprint density at radius 2 is 1.84 bits per heavy atom. The Balaban J connectivity index is 1.51. The van der Waals surface area contributed by atoms with Gasteiger partial charge in [0.15, 0.2) is 0 Å². The zero-order valence-corrected chi connectivity index (χ0v) is 18.9. The molecule has 2 fully saturated rings. The highest BCUT2D eigenvalue weighted by Crippen LogP contribution is 2.35. The van der Waals surface area contributed by atoms with Gasteiger partial charge in [0.25, 0.3) is 5.91 Å². The highest BCUT2D eigenvalue weighted by atomic mass is 35.5. The molecule has 3 heterocycles. The van der Waals surface area contributed by atoms with E-state index < -0.39 is 12.1 Å². The van der Waals surface area contributed by atoms with Gasteiger partial charge >= 0.3 is 6.03 Å². The first kappa shape index (κ1) is 21.5. The Bertz CT molecular complexity index is 927. The molecule has 3 aliphatic heterocycles. The summed E-state index contributed by atoms with van der Waals surface area (Å²) in [5, 5.41) is 0.693. The van der Waals surface area contributed by atoms with E-state index in [0.717, 1.165) is 17.0 Å². The topological polar surface area (TPSA) is 67.4 Å². The summed E-state index contributed by atoms with van der Waals surface area (Å²) in [6.07, 6.45) is 2.12. The van der Waals surface area contributed by atoms with Crippen LogP contribution in [0.15, 0.2) is 36.0 Å². The number of amides is 4. The summed E-state index contributed by atoms with van der Waals surface area (Å²) < 4.78 is 0. The van der Waals surface area contributed by atoms with Gasteiger partial charge in [0, 0.05) is 57.5 Å². The normalized spacial score (nSPS) is 24.0. The van der Waals surface area contributed by atoms with Crippen molar-refractivity contribution < 1.29 is 14.4 Å². The van der Waals surface area contributed by atoms with Gasteiger partial charge in [-0.3, -0.25) is 14.5 Å². The summed E-state index contributed by atoms with van der Waals surface area (Å²) in [5.74, 6) is -0.862. The minimum absolute atomic E-state index is 0.0788. The lowest BCUT2D eigenvalue weighted by molar-refractivity contribution is -0.138. The fourth-order valence-electron chi connectivity index (χ4n) is 4.69. The molecule has 8 nitrogen and oxygen atoms in total. The summed E-state index contributed by atoms with van der Waals surface area (Å²) >= 11 is 6.12. The molecule has 9 heteroatoms. The number of hydrogen-bond donors (Lipinski definition) is 0. The molecule has 0 spiro atoms. The highest BCUT2D eigenvalue weighted by Gasteiger charge is 2.50. The SMILES string of the molecule is CCCN1C(C(=O)N2CCN(c3cccc(Cl)c3)CC2)=CC2C(=O)N(C)C(=O)N(C)C21. The number of hydrogen-bond acceptors (Lipinski definition) is 5. The van der Waals surface area contributed by atoms with E-state index in [-0.39, 0.29) is 17.8 Å². The Kier molecular flexibility index (Phi) is 5.83. The van der Waals surface area contributed by atoms with Crippen LogP contribution in [-0.2, 0) is 9.59 Å². The lowest BCUT2D eigenvalue weighted by Crippen LogP contribution is -2.62. The van der Waals surface area contributed by atoms with E-state index in [1.54, 1.807) is 18.0 Å². The summed E-state index contributed by atoms with van der Waals surface area (Å²) in [6, 6.07) is 7.38. The van der Waals surface area contributed by atoms with Gasteiger partial charge in [0.05, 0.1) is 5.92 Å². The molecule has 31 heavy (non-hydrogen) atoms. The van der Waals surface area contributed by atoms with Crippen LogP contribution >= 0.6 is 11.6 Å². The zero-order chi connectivity index (χ0) is 22.3. The van der Waals surface area contributed by atoms with Gasteiger partial charge in [-0.1, -0.05) is 24.6 Å². The van der Waals surface area contributed by atoms with Crippen LogP contribution in [-0.4, -0.2) is 90.4 Å². The van der Waals surface area contributed by atoms with Crippen molar-refractivity contribution in [2.24, 2.45) is 5.92 Å². The van der Waals surface area contributed by atoms with E-state index in [1.807, 2.05) is 41.0 Å². The van der Waals surface area contributed by atoms with Crippen molar-refractivity contribution >= 4 is 35.1 Å². The third-order valence-corrected chi connectivity index (χ3v) is 6.55. The molecular weight excluding hydrogens is 418 g/mol. The number of nitrogens with zero attached hydrogens (tertiary/aromatic N) is 5. The second-order valence-electron chi connectivity index (χ2n) is 8.23. The van der Waals surface area contributed by atoms with Gasteiger partial charge < -0.3 is 19.6 Å². The largest absolute Gasteiger partial charge is 0.368 e. The van der Waals surface area contributed by atoms with Crippen LogP contribution in [0.5, 0.6) is 0 Å². The van der Waals surface area contributed by atoms with Crippen molar-refractivity contribution in [3.63, 3.8) is 0 Å². The van der Waals surface area contributed by atoms with Crippen LogP contribution in [0.3, 0.4) is 0 Å². The molecule has 0 bridgehead atoms. The van der Waals surface area contributed by atoms with Crippen molar-refractivity contribution in [3.05, 3.63) is 41.1 Å². The number of urea groups is 1. The maximum absolute atomic E-state index is 13.5. The lowest BCUT2D eigenvalue weighted by Gasteiger charge is -2.43. The lowest BCUT2D eigenvalue weighted by atomic mass is 10.0. The molecule has 3 aliphatic rings. The Morgan fingerprint density at radius 1 is 1.13 bits per heavy atom. The Morgan fingerprint density at radius 3 is 2.48 bits per heavy atom. The van der Waals surface area contributed by atoms with E-state index in [9.17, 15) is 14.4 Å². The third kappa shape index (κ3) is 3.73. The van der Waals surface area contributed by atoms with Crippen molar-refractivity contribution in [3.8, 4) is 0 Å². The van der Waals surface area contributed by atoms with Gasteiger partial charge in [0.2, 0.25) is 5.91 Å². The van der Waals surface area contributed by atoms with Crippen molar-refractivity contribution in [2.45, 2.75) is 19.5 Å². The molecular formula is C22H28ClN5O3. The summed E-state index contributed by atoms with van der Waals surface area (Å²) in [7, 11) is 3.18. The average molecular weight is 446 g/mol. The number of fused-ring (bicyclic) bond motifs is 1. The maximum atomic E-state index is 13.5. The van der Waals surface area contributed by atoms with Crippen LogP contribution < -0.4 is 4.90 Å². The first-order chi connectivity index (χ1) is 14.8. The molecule has 2 unspecified atom stereocenters. The molecule has 2 saturated heterocycles. The van der Waals surface area contributed by atoms with Gasteiger partial charge in [-0.15, -0.1) is 0 Å². The molecule has 166 valence electrons. The minimum Gasteiger partial charge on any atom is -0.368 e. The average Bonchev–Trinajstić information content (AvgIpc) is 3.15. The standard InChI is InChI=1S/C22H28ClN5O3/c1-4-8-28-18(14-17-19(28)24(2)22(31)25(3)20(17)29)21(30)27-11-9-26(10-12-27)16-7-5-6-15(23)13-16/h5-7,13-14,17,19H,4,8-12H2,1-3H3. The first-order valence-electron chi connectivity index (χ1n) is 10.7. The van der Waals surface area contributed by atoms with Gasteiger partial charge in [-0.05, 0) is 30.7 Å². The Labute approximate surface area is 187 Å². The maximum Gasteiger partial charge on any atom is 0.327 e. The summed E-state index contributed by atoms with van der Waals surface area (Å²) in [5.41, 5.74) is 1.57. The molecule has 0 radical (unpaired) electrons. The number of imide groups is 1. The monoisotopic (exact) mass is 445 g/mol. The molecule has 1 aromatic carbocycles. The first-order valence-corrected chi connectivity index (χ1v) is 11.0. The number of rotatable bonds is 4. The molecule has 0 aliphatic carbocycles. The number of carbonyl (C=O) groups excluding carboxylic acids is 3. The highest BCUT2D eigenvalue weighted by molar-refractivity contribution is 6.30. The van der Waals surface area contributed by atoms with Crippen molar-refractivity contribution in [2.75, 3.05) is 51.7 Å². The second-order valence-corrected chi connectivity index (χ2v) is 8.67. The third-order valence-electron chi connectivity index (χ3n) is 6.31. The predicted molar refractivity (Wildman–Crippen MR) is 119 cm³/mol. The molecule has 2 atom stereocenters. The van der Waals surface area contributed by atoms with Gasteiger partial charge in [0.1, 0.15) is 11.9 Å². The van der Waals surface area contributed by atoms with E-state index in [1.165, 1.54) is 7.05 Å². The summed E-state index contributed by atoms with van der Waals surface area (Å²) in [6.45, 7) is 5.22. The van der Waals surface area contributed by atoms with Crippen LogP contribution in [0, 0.1) is 5.92 Å². The number of anilines is 1. The number of carbonyl (C=O) groups is 3. The predicted octanol–water partition coefficient (Wildman–Crippen LogP) is 2.06. The number of halogens is 1. The molecule has 0 saturated carbocycles. The molecule has 0 N–H and O–H groups in total. The molecule has 0 aromatic heterocycles. The molecule has 4 amide bonds.